The maximum atomic E-state index is 12.7. The summed E-state index contributed by atoms with van der Waals surface area (Å²) in [5.74, 6) is -0.399. The molecule has 0 spiro atoms. The van der Waals surface area contributed by atoms with Crippen molar-refractivity contribution in [2.45, 2.75) is 63.5 Å². The van der Waals surface area contributed by atoms with Crippen LogP contribution < -0.4 is 39.7 Å². The molecule has 0 aromatic carbocycles. The number of guanidine groups is 1. The molecule has 0 fully saturated rings. The van der Waals surface area contributed by atoms with Crippen molar-refractivity contribution in [2.75, 3.05) is 45.9 Å². The van der Waals surface area contributed by atoms with E-state index in [1.54, 1.807) is 0 Å². The van der Waals surface area contributed by atoms with Crippen LogP contribution in [0.25, 0.3) is 0 Å². The molecule has 14 heteroatoms. The molecule has 0 aliphatic heterocycles. The van der Waals surface area contributed by atoms with Crippen molar-refractivity contribution in [3.63, 3.8) is 0 Å². The maximum absolute atomic E-state index is 12.7. The van der Waals surface area contributed by atoms with Crippen LogP contribution in [-0.2, 0) is 14.3 Å². The van der Waals surface area contributed by atoms with E-state index in [0.29, 0.717) is 51.9 Å². The molecule has 0 aliphatic rings. The summed E-state index contributed by atoms with van der Waals surface area (Å²) in [6.07, 6.45) is 3.95. The summed E-state index contributed by atoms with van der Waals surface area (Å²) in [6, 6.07) is -0.839. The minimum atomic E-state index is -0.928. The van der Waals surface area contributed by atoms with Crippen molar-refractivity contribution in [3.05, 3.63) is 0 Å². The second kappa shape index (κ2) is 20.5. The highest BCUT2D eigenvalue weighted by atomic mass is 16.6. The van der Waals surface area contributed by atoms with Gasteiger partial charge in [-0.3, -0.25) is 14.7 Å². The second-order valence-corrected chi connectivity index (χ2v) is 8.24. The average Bonchev–Trinajstić information content (AvgIpc) is 2.80. The van der Waals surface area contributed by atoms with Gasteiger partial charge >= 0.3 is 12.2 Å². The van der Waals surface area contributed by atoms with E-state index in [0.717, 1.165) is 25.7 Å². The van der Waals surface area contributed by atoms with E-state index in [9.17, 15) is 14.4 Å². The zero-order chi connectivity index (χ0) is 26.5. The third kappa shape index (κ3) is 19.2. The number of rotatable bonds is 20. The molecule has 0 aliphatic carbocycles. The number of aliphatic imine (C=N–C) groups is 1. The van der Waals surface area contributed by atoms with Gasteiger partial charge in [-0.2, -0.15) is 0 Å². The fraction of sp³-hybridized carbons (Fsp3) is 0.810. The largest absolute Gasteiger partial charge is 0.448 e. The Morgan fingerprint density at radius 1 is 0.857 bits per heavy atom. The summed E-state index contributed by atoms with van der Waals surface area (Å²) in [6.45, 7) is 1.52. The topological polar surface area (TPSA) is 253 Å². The molecule has 0 unspecified atom stereocenters. The Kier molecular flexibility index (Phi) is 18.9. The molecule has 204 valence electrons. The van der Waals surface area contributed by atoms with Gasteiger partial charge in [-0.1, -0.05) is 12.8 Å². The van der Waals surface area contributed by atoms with Crippen molar-refractivity contribution in [3.8, 4) is 0 Å². The lowest BCUT2D eigenvalue weighted by atomic mass is 10.1. The average molecular weight is 504 g/mol. The van der Waals surface area contributed by atoms with Crippen LogP contribution in [0.2, 0.25) is 0 Å². The Morgan fingerprint density at radius 2 is 1.54 bits per heavy atom. The highest BCUT2D eigenvalue weighted by molar-refractivity contribution is 5.82. The number of amides is 3. The first kappa shape index (κ1) is 32.2. The number of hydrogen-bond acceptors (Lipinski definition) is 9. The number of nitrogens with two attached hydrogens (primary N) is 6. The predicted octanol–water partition coefficient (Wildman–Crippen LogP) is -1.36. The normalized spacial score (nSPS) is 12.3. The summed E-state index contributed by atoms with van der Waals surface area (Å²) in [5, 5.41) is 2.79. The Hall–Kier alpha value is -2.84. The summed E-state index contributed by atoms with van der Waals surface area (Å²) in [4.78, 5) is 41.5. The minimum Gasteiger partial charge on any atom is -0.448 e. The van der Waals surface area contributed by atoms with Crippen LogP contribution in [0.5, 0.6) is 0 Å². The Morgan fingerprint density at radius 3 is 2.17 bits per heavy atom. The first-order valence-electron chi connectivity index (χ1n) is 12.0. The summed E-state index contributed by atoms with van der Waals surface area (Å²) in [5.41, 5.74) is 32.6. The minimum absolute atomic E-state index is 0.00423. The Balaban J connectivity index is 4.85. The number of carbonyl (C=O) groups excluding carboxylic acids is 3. The molecule has 0 aromatic heterocycles. The van der Waals surface area contributed by atoms with Crippen molar-refractivity contribution in [1.82, 2.24) is 10.2 Å². The van der Waals surface area contributed by atoms with Gasteiger partial charge in [-0.05, 0) is 51.6 Å². The summed E-state index contributed by atoms with van der Waals surface area (Å²) < 4.78 is 10.2. The van der Waals surface area contributed by atoms with Crippen LogP contribution >= 0.6 is 0 Å². The monoisotopic (exact) mass is 503 g/mol. The summed E-state index contributed by atoms with van der Waals surface area (Å²) in [7, 11) is 0. The maximum Gasteiger partial charge on any atom is 0.410 e. The Labute approximate surface area is 207 Å². The molecular weight excluding hydrogens is 458 g/mol. The van der Waals surface area contributed by atoms with Crippen LogP contribution in [0.15, 0.2) is 4.99 Å². The second-order valence-electron chi connectivity index (χ2n) is 8.24. The van der Waals surface area contributed by atoms with Gasteiger partial charge in [0.05, 0.1) is 6.04 Å². The molecule has 0 saturated heterocycles. The highest BCUT2D eigenvalue weighted by Gasteiger charge is 2.21. The van der Waals surface area contributed by atoms with Gasteiger partial charge in [-0.15, -0.1) is 0 Å². The van der Waals surface area contributed by atoms with E-state index < -0.39 is 24.1 Å². The van der Waals surface area contributed by atoms with E-state index in [4.69, 9.17) is 43.9 Å². The van der Waals surface area contributed by atoms with Gasteiger partial charge in [0.15, 0.2) is 5.96 Å². The zero-order valence-corrected chi connectivity index (χ0v) is 20.7. The lowest BCUT2D eigenvalue weighted by molar-refractivity contribution is -0.123. The predicted molar refractivity (Wildman–Crippen MR) is 134 cm³/mol. The van der Waals surface area contributed by atoms with Crippen LogP contribution in [0.1, 0.15) is 51.4 Å². The van der Waals surface area contributed by atoms with Crippen molar-refractivity contribution >= 4 is 24.1 Å². The van der Waals surface area contributed by atoms with Gasteiger partial charge in [0.1, 0.15) is 19.8 Å². The van der Waals surface area contributed by atoms with E-state index >= 15 is 0 Å². The third-order valence-electron chi connectivity index (χ3n) is 4.97. The molecule has 0 heterocycles. The van der Waals surface area contributed by atoms with Crippen LogP contribution in [0.4, 0.5) is 9.59 Å². The fourth-order valence-corrected chi connectivity index (χ4v) is 3.13. The number of nitrogens with one attached hydrogen (secondary N) is 1. The van der Waals surface area contributed by atoms with E-state index in [1.807, 2.05) is 0 Å². The van der Waals surface area contributed by atoms with E-state index in [1.165, 1.54) is 4.90 Å². The number of nitrogens with zero attached hydrogens (tertiary/aromatic N) is 2. The van der Waals surface area contributed by atoms with Gasteiger partial charge in [0.25, 0.3) is 0 Å². The number of carbonyl (C=O) groups is 3. The van der Waals surface area contributed by atoms with Gasteiger partial charge in [-0.25, -0.2) is 9.59 Å². The zero-order valence-electron chi connectivity index (χ0n) is 20.7. The number of primary amides is 1. The molecule has 0 aromatic rings. The quantitative estimate of drug-likeness (QED) is 0.0583. The molecular formula is C21H45N9O5. The highest BCUT2D eigenvalue weighted by Crippen LogP contribution is 2.05. The molecule has 35 heavy (non-hydrogen) atoms. The fourth-order valence-electron chi connectivity index (χ4n) is 3.13. The molecule has 13 N–H and O–H groups in total. The van der Waals surface area contributed by atoms with E-state index in [-0.39, 0.29) is 31.8 Å². The van der Waals surface area contributed by atoms with Crippen molar-refractivity contribution in [1.29, 1.82) is 0 Å². The smallest absolute Gasteiger partial charge is 0.410 e. The van der Waals surface area contributed by atoms with Gasteiger partial charge < -0.3 is 49.2 Å². The molecule has 2 atom stereocenters. The molecule has 3 amide bonds. The van der Waals surface area contributed by atoms with Crippen LogP contribution in [0.3, 0.4) is 0 Å². The van der Waals surface area contributed by atoms with E-state index in [2.05, 4.69) is 10.3 Å². The first-order chi connectivity index (χ1) is 16.7. The molecule has 0 bridgehead atoms. The van der Waals surface area contributed by atoms with Crippen molar-refractivity contribution < 1.29 is 23.9 Å². The lowest BCUT2D eigenvalue weighted by Gasteiger charge is -2.24. The SMILES string of the molecule is NCCCCCN(CC(=O)N[C@@H](CCCCN)COC(N)=O)C(=O)OC[C@@H](N)CCCN=C(N)N. The van der Waals surface area contributed by atoms with Crippen molar-refractivity contribution in [2.24, 2.45) is 39.4 Å². The van der Waals surface area contributed by atoms with Gasteiger partial charge in [0, 0.05) is 19.1 Å². The summed E-state index contributed by atoms with van der Waals surface area (Å²) >= 11 is 0. The standard InChI is InChI=1S/C21H45N9O5/c22-9-3-1-5-12-30(21(33)35-14-16(24)7-6-11-28-19(25)26)13-18(31)29-17(8-2-4-10-23)15-34-20(27)32/h16-17H,1-15,22-24H2,(H2,27,32)(H,29,31)(H4,25,26,28)/t16-,17-/m0/s1. The first-order valence-corrected chi connectivity index (χ1v) is 12.0. The lowest BCUT2D eigenvalue weighted by Crippen LogP contribution is -2.47. The Bertz CT molecular complexity index is 632. The molecule has 14 nitrogen and oxygen atoms in total. The van der Waals surface area contributed by atoms with Crippen LogP contribution in [-0.4, -0.2) is 87.0 Å². The number of hydrogen-bond donors (Lipinski definition) is 7. The van der Waals surface area contributed by atoms with Crippen LogP contribution in [0, 0.1) is 0 Å². The third-order valence-corrected chi connectivity index (χ3v) is 4.97. The van der Waals surface area contributed by atoms with Gasteiger partial charge in [0.2, 0.25) is 5.91 Å². The number of ether oxygens (including phenoxy) is 2. The number of unbranched alkanes of at least 4 members (excludes halogenated alkanes) is 3. The molecule has 0 saturated carbocycles. The molecule has 0 radical (unpaired) electrons. The molecule has 0 rings (SSSR count).